The zero-order chi connectivity index (χ0) is 10.8. The molecule has 0 aliphatic carbocycles. The molecule has 0 aromatic rings. The van der Waals surface area contributed by atoms with Crippen LogP contribution in [0.3, 0.4) is 0 Å². The van der Waals surface area contributed by atoms with Crippen LogP contribution >= 0.6 is 0 Å². The van der Waals surface area contributed by atoms with Gasteiger partial charge in [0.25, 0.3) is 0 Å². The second kappa shape index (κ2) is 8.72. The quantitative estimate of drug-likeness (QED) is 0.415. The van der Waals surface area contributed by atoms with E-state index in [0.29, 0.717) is 0 Å². The van der Waals surface area contributed by atoms with Gasteiger partial charge in [-0.05, 0) is 12.1 Å². The van der Waals surface area contributed by atoms with E-state index in [4.69, 9.17) is 0 Å². The summed E-state index contributed by atoms with van der Waals surface area (Å²) in [6.07, 6.45) is 7.94. The first-order valence-corrected chi connectivity index (χ1v) is 7.12. The molecule has 0 saturated heterocycles. The van der Waals surface area contributed by atoms with E-state index in [0.717, 1.165) is 25.2 Å². The Labute approximate surface area is 89.8 Å². The molecule has 2 heteroatoms. The molecular weight excluding hydrogens is 186 g/mol. The van der Waals surface area contributed by atoms with E-state index in [-0.39, 0.29) is 0 Å². The topological polar surface area (TPSA) is 3.24 Å². The highest BCUT2D eigenvalue weighted by Crippen LogP contribution is 2.07. The largest absolute Gasteiger partial charge is 0.319 e. The van der Waals surface area contributed by atoms with Crippen LogP contribution < -0.4 is 0 Å². The summed E-state index contributed by atoms with van der Waals surface area (Å²) in [6, 6.07) is 2.24. The van der Waals surface area contributed by atoms with Gasteiger partial charge in [-0.1, -0.05) is 24.3 Å². The van der Waals surface area contributed by atoms with Crippen LogP contribution in [-0.4, -0.2) is 26.6 Å². The van der Waals surface area contributed by atoms with Crippen LogP contribution in [0, 0.1) is 0 Å². The van der Waals surface area contributed by atoms with Gasteiger partial charge in [-0.2, -0.15) is 0 Å². The molecule has 0 aromatic carbocycles. The van der Waals surface area contributed by atoms with Crippen molar-refractivity contribution in [1.82, 2.24) is 4.57 Å². The standard InChI is InChI=1S/C12H21NSi/c1-5-9-13(10-6-2)14(11-7-3)12-8-4/h5-8,14H,1-4,9-12H2. The zero-order valence-electron chi connectivity index (χ0n) is 8.99. The molecule has 0 aliphatic rings. The molecule has 0 bridgehead atoms. The fourth-order valence-corrected chi connectivity index (χ4v) is 3.94. The molecule has 0 fully saturated rings. The number of allylic oxidation sites excluding steroid dienone is 2. The molecule has 0 saturated carbocycles. The molecule has 0 aliphatic heterocycles. The van der Waals surface area contributed by atoms with Crippen molar-refractivity contribution in [2.75, 3.05) is 13.1 Å². The molecule has 0 radical (unpaired) electrons. The van der Waals surface area contributed by atoms with Gasteiger partial charge in [0.1, 0.15) is 8.96 Å². The predicted molar refractivity (Wildman–Crippen MR) is 69.1 cm³/mol. The molecule has 14 heavy (non-hydrogen) atoms. The van der Waals surface area contributed by atoms with E-state index in [2.05, 4.69) is 30.9 Å². The van der Waals surface area contributed by atoms with Crippen LogP contribution in [0.5, 0.6) is 0 Å². The summed E-state index contributed by atoms with van der Waals surface area (Å²) >= 11 is 0. The molecule has 0 N–H and O–H groups in total. The monoisotopic (exact) mass is 207 g/mol. The van der Waals surface area contributed by atoms with Gasteiger partial charge in [-0.3, -0.25) is 0 Å². The van der Waals surface area contributed by atoms with Crippen molar-refractivity contribution in [3.63, 3.8) is 0 Å². The van der Waals surface area contributed by atoms with Gasteiger partial charge in [0.15, 0.2) is 0 Å². The zero-order valence-corrected chi connectivity index (χ0v) is 10.1. The first-order chi connectivity index (χ1) is 6.79. The first kappa shape index (κ1) is 13.1. The van der Waals surface area contributed by atoms with Crippen molar-refractivity contribution in [2.45, 2.75) is 12.1 Å². The van der Waals surface area contributed by atoms with Gasteiger partial charge in [-0.25, -0.2) is 0 Å². The summed E-state index contributed by atoms with van der Waals surface area (Å²) in [4.78, 5) is 0. The van der Waals surface area contributed by atoms with Crippen LogP contribution in [0.15, 0.2) is 50.6 Å². The Morgan fingerprint density at radius 1 is 0.786 bits per heavy atom. The second-order valence-electron chi connectivity index (χ2n) is 3.23. The SMILES string of the molecule is C=CCN(CC=C)[SiH](CC=C)CC=C. The predicted octanol–water partition coefficient (Wildman–Crippen LogP) is 2.76. The Morgan fingerprint density at radius 3 is 1.50 bits per heavy atom. The molecule has 0 rings (SSSR count). The summed E-state index contributed by atoms with van der Waals surface area (Å²) in [5, 5.41) is 0. The molecule has 0 spiro atoms. The number of nitrogens with zero attached hydrogens (tertiary/aromatic N) is 1. The summed E-state index contributed by atoms with van der Waals surface area (Å²) in [5.41, 5.74) is 0. The molecule has 0 unspecified atom stereocenters. The molecular formula is C12H21NSi. The Kier molecular flexibility index (Phi) is 8.18. The summed E-state index contributed by atoms with van der Waals surface area (Å²) in [6.45, 7) is 17.1. The van der Waals surface area contributed by atoms with Gasteiger partial charge in [0, 0.05) is 13.1 Å². The maximum atomic E-state index is 3.81. The average Bonchev–Trinajstić information content (AvgIpc) is 2.17. The van der Waals surface area contributed by atoms with Crippen molar-refractivity contribution in [3.8, 4) is 0 Å². The highest BCUT2D eigenvalue weighted by atomic mass is 28.3. The lowest BCUT2D eigenvalue weighted by molar-refractivity contribution is 0.528. The van der Waals surface area contributed by atoms with Crippen LogP contribution in [0.25, 0.3) is 0 Å². The molecule has 0 heterocycles. The normalized spacial score (nSPS) is 10.1. The first-order valence-electron chi connectivity index (χ1n) is 4.97. The smallest absolute Gasteiger partial charge is 0.120 e. The number of hydrogen-bond donors (Lipinski definition) is 0. The van der Waals surface area contributed by atoms with Crippen molar-refractivity contribution in [2.24, 2.45) is 0 Å². The van der Waals surface area contributed by atoms with Crippen LogP contribution in [0.1, 0.15) is 0 Å². The highest BCUT2D eigenvalue weighted by molar-refractivity contribution is 6.56. The van der Waals surface area contributed by atoms with Gasteiger partial charge in [0.2, 0.25) is 0 Å². The molecule has 78 valence electrons. The van der Waals surface area contributed by atoms with Crippen molar-refractivity contribution >= 4 is 8.96 Å². The van der Waals surface area contributed by atoms with Gasteiger partial charge in [-0.15, -0.1) is 26.3 Å². The van der Waals surface area contributed by atoms with Crippen LogP contribution in [-0.2, 0) is 0 Å². The van der Waals surface area contributed by atoms with Gasteiger partial charge in [0.05, 0.1) is 0 Å². The second-order valence-corrected chi connectivity index (χ2v) is 6.21. The lowest BCUT2D eigenvalue weighted by Gasteiger charge is -2.27. The molecule has 0 aromatic heterocycles. The number of hydrogen-bond acceptors (Lipinski definition) is 1. The van der Waals surface area contributed by atoms with Crippen LogP contribution in [0.4, 0.5) is 0 Å². The van der Waals surface area contributed by atoms with E-state index < -0.39 is 8.96 Å². The maximum Gasteiger partial charge on any atom is 0.120 e. The summed E-state index contributed by atoms with van der Waals surface area (Å²) in [5.74, 6) is 0. The van der Waals surface area contributed by atoms with E-state index in [9.17, 15) is 0 Å². The third-order valence-corrected chi connectivity index (χ3v) is 5.33. The van der Waals surface area contributed by atoms with Crippen molar-refractivity contribution in [1.29, 1.82) is 0 Å². The third-order valence-electron chi connectivity index (χ3n) is 2.12. The van der Waals surface area contributed by atoms with Gasteiger partial charge < -0.3 is 4.57 Å². The van der Waals surface area contributed by atoms with Gasteiger partial charge >= 0.3 is 0 Å². The Hall–Kier alpha value is -0.863. The minimum Gasteiger partial charge on any atom is -0.319 e. The lowest BCUT2D eigenvalue weighted by atomic mass is 10.5. The van der Waals surface area contributed by atoms with E-state index >= 15 is 0 Å². The molecule has 0 amide bonds. The Balaban J connectivity index is 4.32. The fraction of sp³-hybridized carbons (Fsp3) is 0.333. The van der Waals surface area contributed by atoms with E-state index in [1.54, 1.807) is 0 Å². The Bertz CT molecular complexity index is 156. The van der Waals surface area contributed by atoms with Crippen molar-refractivity contribution < 1.29 is 0 Å². The maximum absolute atomic E-state index is 3.81. The molecule has 0 atom stereocenters. The molecule has 1 nitrogen and oxygen atoms in total. The van der Waals surface area contributed by atoms with Crippen molar-refractivity contribution in [3.05, 3.63) is 50.6 Å². The summed E-state index contributed by atoms with van der Waals surface area (Å²) in [7, 11) is -0.929. The average molecular weight is 207 g/mol. The minimum absolute atomic E-state index is 0.929. The Morgan fingerprint density at radius 2 is 1.21 bits per heavy atom. The van der Waals surface area contributed by atoms with E-state index in [1.807, 2.05) is 24.3 Å². The fourth-order valence-electron chi connectivity index (χ4n) is 1.48. The van der Waals surface area contributed by atoms with E-state index in [1.165, 1.54) is 0 Å². The highest BCUT2D eigenvalue weighted by Gasteiger charge is 2.14. The summed E-state index contributed by atoms with van der Waals surface area (Å²) < 4.78 is 2.46. The third kappa shape index (κ3) is 4.99. The lowest BCUT2D eigenvalue weighted by Crippen LogP contribution is -2.38. The number of rotatable bonds is 9. The minimum atomic E-state index is -0.929. The van der Waals surface area contributed by atoms with Crippen LogP contribution in [0.2, 0.25) is 12.1 Å².